The van der Waals surface area contributed by atoms with Gasteiger partial charge in [-0.15, -0.1) is 0 Å². The van der Waals surface area contributed by atoms with E-state index < -0.39 is 0 Å². The third kappa shape index (κ3) is 3.28. The molecule has 0 atom stereocenters. The zero-order chi connectivity index (χ0) is 9.52. The highest BCUT2D eigenvalue weighted by Crippen LogP contribution is 2.25. The van der Waals surface area contributed by atoms with E-state index >= 15 is 0 Å². The van der Waals surface area contributed by atoms with Crippen LogP contribution < -0.4 is 5.73 Å². The molecule has 2 rings (SSSR count). The summed E-state index contributed by atoms with van der Waals surface area (Å²) in [5.41, 5.74) is 4.50. The summed E-state index contributed by atoms with van der Waals surface area (Å²) < 4.78 is 0. The zero-order valence-corrected chi connectivity index (χ0v) is 8.97. The van der Waals surface area contributed by atoms with Crippen molar-refractivity contribution in [2.45, 2.75) is 51.0 Å². The van der Waals surface area contributed by atoms with Gasteiger partial charge in [0.2, 0.25) is 0 Å². The summed E-state index contributed by atoms with van der Waals surface area (Å²) in [4.78, 5) is 2.72. The third-order valence-corrected chi connectivity index (χ3v) is 3.23. The monoisotopic (exact) mass is 184 g/mol. The molecule has 0 aromatic rings. The number of hydrogen-bond acceptors (Lipinski definition) is 2. The molecule has 1 heterocycles. The van der Waals surface area contributed by atoms with Gasteiger partial charge in [-0.2, -0.15) is 0 Å². The number of likely N-dealkylation sites (tertiary alicyclic amines) is 1. The van der Waals surface area contributed by atoms with E-state index in [4.69, 9.17) is 0 Å². The fraction of sp³-hybridized carbons (Fsp3) is 1.00. The lowest BCUT2D eigenvalue weighted by Gasteiger charge is -2.30. The van der Waals surface area contributed by atoms with Crippen molar-refractivity contribution in [3.63, 3.8) is 0 Å². The number of nitrogens with two attached hydrogens (primary N) is 1. The minimum absolute atomic E-state index is 0.978. The van der Waals surface area contributed by atoms with Gasteiger partial charge in [-0.25, -0.2) is 0 Å². The Kier molecular flexibility index (Phi) is 5.40. The lowest BCUT2D eigenvalue weighted by atomic mass is 9.94. The smallest absolute Gasteiger partial charge is 0.00952 e. The maximum atomic E-state index is 4.50. The molecular weight excluding hydrogens is 160 g/mol. The van der Waals surface area contributed by atoms with Crippen molar-refractivity contribution in [3.8, 4) is 0 Å². The molecule has 2 aliphatic rings. The first kappa shape index (κ1) is 11.0. The van der Waals surface area contributed by atoms with Crippen molar-refractivity contribution >= 4 is 0 Å². The molecule has 78 valence electrons. The molecule has 0 amide bonds. The van der Waals surface area contributed by atoms with Crippen LogP contribution in [0.15, 0.2) is 0 Å². The van der Waals surface area contributed by atoms with Gasteiger partial charge in [-0.05, 0) is 45.8 Å². The van der Waals surface area contributed by atoms with Crippen LogP contribution in [-0.4, -0.2) is 31.1 Å². The molecule has 0 spiro atoms. The van der Waals surface area contributed by atoms with Crippen LogP contribution in [0, 0.1) is 0 Å². The third-order valence-electron chi connectivity index (χ3n) is 3.23. The molecule has 0 aromatic heterocycles. The van der Waals surface area contributed by atoms with Gasteiger partial charge in [0, 0.05) is 6.04 Å². The van der Waals surface area contributed by atoms with Gasteiger partial charge in [0.1, 0.15) is 0 Å². The van der Waals surface area contributed by atoms with Crippen molar-refractivity contribution in [1.29, 1.82) is 0 Å². The first-order valence-electron chi connectivity index (χ1n) is 5.78. The Bertz CT molecular complexity index is 113. The van der Waals surface area contributed by atoms with Crippen molar-refractivity contribution in [3.05, 3.63) is 0 Å². The second-order valence-electron chi connectivity index (χ2n) is 4.03. The largest absolute Gasteiger partial charge is 0.333 e. The molecule has 0 bridgehead atoms. The van der Waals surface area contributed by atoms with Crippen molar-refractivity contribution < 1.29 is 0 Å². The highest BCUT2D eigenvalue weighted by atomic mass is 15.2. The summed E-state index contributed by atoms with van der Waals surface area (Å²) in [6, 6.07) is 0.978. The summed E-state index contributed by atoms with van der Waals surface area (Å²) >= 11 is 0. The summed E-state index contributed by atoms with van der Waals surface area (Å²) in [7, 11) is 1.50. The first-order valence-corrected chi connectivity index (χ1v) is 5.78. The summed E-state index contributed by atoms with van der Waals surface area (Å²) in [5, 5.41) is 0. The van der Waals surface area contributed by atoms with E-state index in [0.29, 0.717) is 0 Å². The van der Waals surface area contributed by atoms with E-state index in [0.717, 1.165) is 6.04 Å². The van der Waals surface area contributed by atoms with Gasteiger partial charge in [0.25, 0.3) is 0 Å². The summed E-state index contributed by atoms with van der Waals surface area (Å²) in [5.74, 6) is 0. The minimum Gasteiger partial charge on any atom is -0.333 e. The molecule has 2 N–H and O–H groups in total. The van der Waals surface area contributed by atoms with Crippen molar-refractivity contribution in [2.24, 2.45) is 5.73 Å². The molecular formula is C11H24N2. The van der Waals surface area contributed by atoms with Crippen LogP contribution in [0.1, 0.15) is 44.9 Å². The molecule has 1 aliphatic heterocycles. The molecule has 1 saturated carbocycles. The van der Waals surface area contributed by atoms with Crippen LogP contribution in [0.5, 0.6) is 0 Å². The van der Waals surface area contributed by atoms with Crippen molar-refractivity contribution in [1.82, 2.24) is 4.90 Å². The molecule has 0 unspecified atom stereocenters. The van der Waals surface area contributed by atoms with Crippen LogP contribution in [0.3, 0.4) is 0 Å². The molecule has 2 heteroatoms. The average molecular weight is 184 g/mol. The minimum atomic E-state index is 0.978. The summed E-state index contributed by atoms with van der Waals surface area (Å²) in [6.45, 7) is 2.79. The van der Waals surface area contributed by atoms with Gasteiger partial charge in [0.05, 0.1) is 0 Å². The van der Waals surface area contributed by atoms with Gasteiger partial charge < -0.3 is 10.6 Å². The zero-order valence-electron chi connectivity index (χ0n) is 8.97. The predicted octanol–water partition coefficient (Wildman–Crippen LogP) is 1.99. The maximum Gasteiger partial charge on any atom is 0.00952 e. The second-order valence-corrected chi connectivity index (χ2v) is 4.03. The van der Waals surface area contributed by atoms with E-state index in [1.165, 1.54) is 65.1 Å². The molecule has 1 saturated heterocycles. The molecule has 2 fully saturated rings. The van der Waals surface area contributed by atoms with Gasteiger partial charge in [0.15, 0.2) is 0 Å². The van der Waals surface area contributed by atoms with E-state index in [1.54, 1.807) is 0 Å². The first-order chi connectivity index (χ1) is 6.47. The average Bonchev–Trinajstić information content (AvgIpc) is 2.75. The fourth-order valence-electron chi connectivity index (χ4n) is 2.55. The Morgan fingerprint density at radius 2 is 1.38 bits per heavy atom. The Morgan fingerprint density at radius 1 is 0.846 bits per heavy atom. The molecule has 0 radical (unpaired) electrons. The summed E-state index contributed by atoms with van der Waals surface area (Å²) in [6.07, 6.45) is 10.3. The van der Waals surface area contributed by atoms with Gasteiger partial charge in [-0.3, -0.25) is 0 Å². The standard InChI is InChI=1S/C10H19N.CH5N/c1-2-6-10(7-3-1)11-8-4-5-9-11;1-2/h10H,1-9H2;2H2,1H3. The highest BCUT2D eigenvalue weighted by Gasteiger charge is 2.22. The Labute approximate surface area is 82.5 Å². The lowest BCUT2D eigenvalue weighted by Crippen LogP contribution is -2.34. The van der Waals surface area contributed by atoms with Crippen molar-refractivity contribution in [2.75, 3.05) is 20.1 Å². The van der Waals surface area contributed by atoms with Crippen LogP contribution in [-0.2, 0) is 0 Å². The molecule has 1 aliphatic carbocycles. The van der Waals surface area contributed by atoms with Crippen LogP contribution in [0.25, 0.3) is 0 Å². The topological polar surface area (TPSA) is 29.3 Å². The highest BCUT2D eigenvalue weighted by molar-refractivity contribution is 4.78. The Morgan fingerprint density at radius 3 is 1.92 bits per heavy atom. The SMILES string of the molecule is C1CCC(N2CCCC2)CC1.CN. The molecule has 0 aromatic carbocycles. The number of rotatable bonds is 1. The lowest BCUT2D eigenvalue weighted by molar-refractivity contribution is 0.191. The van der Waals surface area contributed by atoms with Crippen LogP contribution in [0.4, 0.5) is 0 Å². The quantitative estimate of drug-likeness (QED) is 0.675. The van der Waals surface area contributed by atoms with E-state index in [-0.39, 0.29) is 0 Å². The van der Waals surface area contributed by atoms with E-state index in [2.05, 4.69) is 10.6 Å². The number of hydrogen-bond donors (Lipinski definition) is 1. The molecule has 2 nitrogen and oxygen atoms in total. The Hall–Kier alpha value is -0.0800. The van der Waals surface area contributed by atoms with Crippen LogP contribution in [0.2, 0.25) is 0 Å². The Balaban J connectivity index is 0.000000396. The fourth-order valence-corrected chi connectivity index (χ4v) is 2.55. The van der Waals surface area contributed by atoms with Crippen LogP contribution >= 0.6 is 0 Å². The second kappa shape index (κ2) is 6.39. The normalized spacial score (nSPS) is 25.4. The predicted molar refractivity (Wildman–Crippen MR) is 57.8 cm³/mol. The number of nitrogens with zero attached hydrogens (tertiary/aromatic N) is 1. The molecule has 13 heavy (non-hydrogen) atoms. The van der Waals surface area contributed by atoms with Gasteiger partial charge in [-0.1, -0.05) is 19.3 Å². The van der Waals surface area contributed by atoms with Gasteiger partial charge >= 0.3 is 0 Å². The van der Waals surface area contributed by atoms with E-state index in [9.17, 15) is 0 Å². The van der Waals surface area contributed by atoms with E-state index in [1.807, 2.05) is 0 Å². The maximum absolute atomic E-state index is 4.50.